The molecule has 2 rings (SSSR count). The number of hydrogen-bond acceptors (Lipinski definition) is 1. The highest BCUT2D eigenvalue weighted by Crippen LogP contribution is 2.23. The van der Waals surface area contributed by atoms with Crippen molar-refractivity contribution in [1.82, 2.24) is 5.32 Å². The van der Waals surface area contributed by atoms with Crippen molar-refractivity contribution in [3.8, 4) is 0 Å². The molecule has 0 spiro atoms. The average molecular weight is 261 g/mol. The average Bonchev–Trinajstić information content (AvgIpc) is 2.44. The molecule has 2 aromatic carbocycles. The maximum atomic E-state index is 13.3. The van der Waals surface area contributed by atoms with Gasteiger partial charge in [0.05, 0.1) is 6.04 Å². The van der Waals surface area contributed by atoms with Crippen LogP contribution in [0.5, 0.6) is 0 Å². The second-order valence-electron chi connectivity index (χ2n) is 4.49. The summed E-state index contributed by atoms with van der Waals surface area (Å²) in [5.74, 6) is -1.64. The Labute approximate surface area is 112 Å². The lowest BCUT2D eigenvalue weighted by Crippen LogP contribution is -2.18. The monoisotopic (exact) mass is 261 g/mol. The van der Waals surface area contributed by atoms with Crippen LogP contribution in [0.25, 0.3) is 0 Å². The molecule has 0 aromatic heterocycles. The summed E-state index contributed by atoms with van der Waals surface area (Å²) in [5.41, 5.74) is 3.00. The lowest BCUT2D eigenvalue weighted by Gasteiger charge is -2.17. The van der Waals surface area contributed by atoms with Gasteiger partial charge in [-0.15, -0.1) is 0 Å². The van der Waals surface area contributed by atoms with E-state index in [2.05, 4.69) is 24.4 Å². The van der Waals surface area contributed by atoms with Gasteiger partial charge in [0.15, 0.2) is 11.6 Å². The van der Waals surface area contributed by atoms with Crippen LogP contribution >= 0.6 is 0 Å². The fourth-order valence-corrected chi connectivity index (χ4v) is 2.16. The summed E-state index contributed by atoms with van der Waals surface area (Å²) >= 11 is 0. The van der Waals surface area contributed by atoms with Crippen molar-refractivity contribution in [3.05, 3.63) is 70.8 Å². The third kappa shape index (κ3) is 2.99. The van der Waals surface area contributed by atoms with Gasteiger partial charge in [0, 0.05) is 0 Å². The summed E-state index contributed by atoms with van der Waals surface area (Å²) in [5, 5.41) is 3.13. The van der Waals surface area contributed by atoms with Crippen molar-refractivity contribution < 1.29 is 8.78 Å². The second kappa shape index (κ2) is 5.93. The summed E-state index contributed by atoms with van der Waals surface area (Å²) in [6, 6.07) is 12.0. The molecule has 0 bridgehead atoms. The standard InChI is InChI=1S/C16H17F2N/c1-3-11-4-6-12(7-5-11)16(19-2)13-8-9-14(17)15(18)10-13/h4-10,16,19H,3H2,1-2H3. The Hall–Kier alpha value is -1.74. The molecule has 19 heavy (non-hydrogen) atoms. The van der Waals surface area contributed by atoms with Crippen LogP contribution in [0.2, 0.25) is 0 Å². The zero-order valence-corrected chi connectivity index (χ0v) is 11.1. The Morgan fingerprint density at radius 3 is 2.11 bits per heavy atom. The quantitative estimate of drug-likeness (QED) is 0.881. The minimum atomic E-state index is -0.820. The number of aryl methyl sites for hydroxylation is 1. The van der Waals surface area contributed by atoms with Gasteiger partial charge in [0.2, 0.25) is 0 Å². The van der Waals surface area contributed by atoms with Gasteiger partial charge in [-0.2, -0.15) is 0 Å². The van der Waals surface area contributed by atoms with Crippen LogP contribution < -0.4 is 5.32 Å². The SMILES string of the molecule is CCc1ccc(C(NC)c2ccc(F)c(F)c2)cc1. The molecule has 0 aliphatic rings. The van der Waals surface area contributed by atoms with Crippen LogP contribution in [0.3, 0.4) is 0 Å². The lowest BCUT2D eigenvalue weighted by atomic mass is 9.97. The molecular weight excluding hydrogens is 244 g/mol. The highest BCUT2D eigenvalue weighted by molar-refractivity contribution is 5.34. The van der Waals surface area contributed by atoms with E-state index in [-0.39, 0.29) is 6.04 Å². The van der Waals surface area contributed by atoms with Crippen molar-refractivity contribution in [3.63, 3.8) is 0 Å². The van der Waals surface area contributed by atoms with Crippen LogP contribution in [0.15, 0.2) is 42.5 Å². The molecule has 0 radical (unpaired) electrons. The van der Waals surface area contributed by atoms with E-state index < -0.39 is 11.6 Å². The first-order valence-corrected chi connectivity index (χ1v) is 6.36. The van der Waals surface area contributed by atoms with Crippen molar-refractivity contribution in [1.29, 1.82) is 0 Å². The van der Waals surface area contributed by atoms with E-state index in [0.29, 0.717) is 5.56 Å². The zero-order valence-electron chi connectivity index (χ0n) is 11.1. The van der Waals surface area contributed by atoms with Gasteiger partial charge in [-0.1, -0.05) is 37.3 Å². The van der Waals surface area contributed by atoms with Gasteiger partial charge in [-0.3, -0.25) is 0 Å². The molecule has 0 aliphatic carbocycles. The first-order valence-electron chi connectivity index (χ1n) is 6.36. The second-order valence-corrected chi connectivity index (χ2v) is 4.49. The molecular formula is C16H17F2N. The van der Waals surface area contributed by atoms with Gasteiger partial charge < -0.3 is 5.32 Å². The minimum absolute atomic E-state index is 0.138. The third-order valence-corrected chi connectivity index (χ3v) is 3.29. The maximum Gasteiger partial charge on any atom is 0.159 e. The Morgan fingerprint density at radius 2 is 1.58 bits per heavy atom. The zero-order chi connectivity index (χ0) is 13.8. The third-order valence-electron chi connectivity index (χ3n) is 3.29. The summed E-state index contributed by atoms with van der Waals surface area (Å²) in [4.78, 5) is 0. The van der Waals surface area contributed by atoms with Crippen LogP contribution in [-0.2, 0) is 6.42 Å². The Morgan fingerprint density at radius 1 is 0.947 bits per heavy atom. The molecule has 2 aromatic rings. The van der Waals surface area contributed by atoms with Crippen molar-refractivity contribution >= 4 is 0 Å². The van der Waals surface area contributed by atoms with Crippen LogP contribution in [0.4, 0.5) is 8.78 Å². The fraction of sp³-hybridized carbons (Fsp3) is 0.250. The van der Waals surface area contributed by atoms with Crippen LogP contribution in [0.1, 0.15) is 29.7 Å². The number of nitrogens with one attached hydrogen (secondary N) is 1. The first kappa shape index (κ1) is 13.7. The van der Waals surface area contributed by atoms with E-state index in [0.717, 1.165) is 18.1 Å². The van der Waals surface area contributed by atoms with Crippen molar-refractivity contribution in [2.45, 2.75) is 19.4 Å². The molecule has 0 saturated carbocycles. The van der Waals surface area contributed by atoms with Gasteiger partial charge in [0.25, 0.3) is 0 Å². The Bertz CT molecular complexity index is 549. The van der Waals surface area contributed by atoms with E-state index in [4.69, 9.17) is 0 Å². The lowest BCUT2D eigenvalue weighted by molar-refractivity contribution is 0.505. The smallest absolute Gasteiger partial charge is 0.159 e. The van der Waals surface area contributed by atoms with Gasteiger partial charge in [0.1, 0.15) is 0 Å². The maximum absolute atomic E-state index is 13.3. The van der Waals surface area contributed by atoms with E-state index in [1.54, 1.807) is 13.1 Å². The fourth-order valence-electron chi connectivity index (χ4n) is 2.16. The normalized spacial score (nSPS) is 12.4. The Kier molecular flexibility index (Phi) is 4.27. The first-order chi connectivity index (χ1) is 9.15. The molecule has 1 N–H and O–H groups in total. The molecule has 0 aliphatic heterocycles. The van der Waals surface area contributed by atoms with Crippen LogP contribution in [0, 0.1) is 11.6 Å². The predicted molar refractivity (Wildman–Crippen MR) is 73.1 cm³/mol. The van der Waals surface area contributed by atoms with Gasteiger partial charge >= 0.3 is 0 Å². The molecule has 3 heteroatoms. The number of halogens is 2. The summed E-state index contributed by atoms with van der Waals surface area (Å²) < 4.78 is 26.3. The molecule has 0 saturated heterocycles. The highest BCUT2D eigenvalue weighted by atomic mass is 19.2. The highest BCUT2D eigenvalue weighted by Gasteiger charge is 2.14. The molecule has 1 atom stereocenters. The summed E-state index contributed by atoms with van der Waals surface area (Å²) in [7, 11) is 1.81. The largest absolute Gasteiger partial charge is 0.309 e. The van der Waals surface area contributed by atoms with Crippen molar-refractivity contribution in [2.24, 2.45) is 0 Å². The van der Waals surface area contributed by atoms with Crippen molar-refractivity contribution in [2.75, 3.05) is 7.05 Å². The van der Waals surface area contributed by atoms with Gasteiger partial charge in [-0.05, 0) is 42.3 Å². The van der Waals surface area contributed by atoms with Crippen LogP contribution in [-0.4, -0.2) is 7.05 Å². The molecule has 0 amide bonds. The molecule has 100 valence electrons. The minimum Gasteiger partial charge on any atom is -0.309 e. The topological polar surface area (TPSA) is 12.0 Å². The predicted octanol–water partition coefficient (Wildman–Crippen LogP) is 3.84. The van der Waals surface area contributed by atoms with E-state index >= 15 is 0 Å². The van der Waals surface area contributed by atoms with E-state index in [9.17, 15) is 8.78 Å². The van der Waals surface area contributed by atoms with E-state index in [1.807, 2.05) is 12.1 Å². The molecule has 1 nitrogen and oxygen atoms in total. The molecule has 0 fully saturated rings. The molecule has 1 unspecified atom stereocenters. The summed E-state index contributed by atoms with van der Waals surface area (Å²) in [6.07, 6.45) is 0.982. The molecule has 0 heterocycles. The van der Waals surface area contributed by atoms with Gasteiger partial charge in [-0.25, -0.2) is 8.78 Å². The number of hydrogen-bond donors (Lipinski definition) is 1. The van der Waals surface area contributed by atoms with E-state index in [1.165, 1.54) is 11.6 Å². The Balaban J connectivity index is 2.34. The number of benzene rings is 2. The summed E-state index contributed by atoms with van der Waals surface area (Å²) in [6.45, 7) is 2.10. The number of rotatable bonds is 4.